The van der Waals surface area contributed by atoms with Crippen molar-refractivity contribution in [3.8, 4) is 0 Å². The lowest BCUT2D eigenvalue weighted by molar-refractivity contribution is 0.465. The van der Waals surface area contributed by atoms with Crippen molar-refractivity contribution in [2.75, 3.05) is 0 Å². The van der Waals surface area contributed by atoms with E-state index in [1.807, 2.05) is 25.6 Å². The van der Waals surface area contributed by atoms with E-state index in [1.54, 1.807) is 0 Å². The Morgan fingerprint density at radius 3 is 2.12 bits per heavy atom. The Labute approximate surface area is 98.2 Å². The van der Waals surface area contributed by atoms with E-state index in [1.165, 1.54) is 0 Å². The molecule has 0 aromatic carbocycles. The Bertz CT molecular complexity index is 352. The fraction of sp³-hybridized carbons (Fsp3) is 0.833. The number of aryl methyl sites for hydroxylation is 2. The molecule has 1 aromatic heterocycles. The van der Waals surface area contributed by atoms with Crippen molar-refractivity contribution in [3.05, 3.63) is 11.6 Å². The molecule has 0 radical (unpaired) electrons. The average Bonchev–Trinajstić information content (AvgIpc) is 2.41. The third kappa shape index (κ3) is 3.59. The Balaban J connectivity index is 2.79. The van der Waals surface area contributed by atoms with E-state index < -0.39 is 0 Å². The fourth-order valence-electron chi connectivity index (χ4n) is 1.39. The molecule has 0 bridgehead atoms. The van der Waals surface area contributed by atoms with E-state index in [0.29, 0.717) is 0 Å². The van der Waals surface area contributed by atoms with Gasteiger partial charge >= 0.3 is 0 Å². The summed E-state index contributed by atoms with van der Waals surface area (Å²) < 4.78 is 1.87. The van der Waals surface area contributed by atoms with Gasteiger partial charge in [-0.25, -0.2) is 4.98 Å². The Morgan fingerprint density at radius 2 is 1.75 bits per heavy atom. The molecule has 0 aliphatic rings. The molecule has 4 nitrogen and oxygen atoms in total. The average molecular weight is 224 g/mol. The molecule has 92 valence electrons. The van der Waals surface area contributed by atoms with E-state index in [0.717, 1.165) is 24.5 Å². The maximum Gasteiger partial charge on any atom is 0.156 e. The van der Waals surface area contributed by atoms with E-state index in [4.69, 9.17) is 5.73 Å². The van der Waals surface area contributed by atoms with E-state index in [9.17, 15) is 0 Å². The van der Waals surface area contributed by atoms with E-state index in [2.05, 4.69) is 30.9 Å². The van der Waals surface area contributed by atoms with Crippen LogP contribution in [0.3, 0.4) is 0 Å². The Kier molecular flexibility index (Phi) is 3.43. The highest BCUT2D eigenvalue weighted by molar-refractivity contribution is 5.03. The molecular weight excluding hydrogens is 200 g/mol. The lowest BCUT2D eigenvalue weighted by Crippen LogP contribution is -2.32. The smallest absolute Gasteiger partial charge is 0.156 e. The van der Waals surface area contributed by atoms with Gasteiger partial charge < -0.3 is 5.73 Å². The SMILES string of the molecule is Cn1nc(C(C)(C)C)nc1CCC(C)(C)N. The number of hydrogen-bond donors (Lipinski definition) is 1. The quantitative estimate of drug-likeness (QED) is 0.851. The van der Waals surface area contributed by atoms with Crippen LogP contribution in [0, 0.1) is 0 Å². The minimum absolute atomic E-state index is 0.00818. The number of aromatic nitrogens is 3. The predicted molar refractivity (Wildman–Crippen MR) is 66.3 cm³/mol. The van der Waals surface area contributed by atoms with Crippen molar-refractivity contribution in [2.24, 2.45) is 12.8 Å². The molecular formula is C12H24N4. The second-order valence-corrected chi connectivity index (χ2v) is 6.21. The van der Waals surface area contributed by atoms with Gasteiger partial charge in [0.25, 0.3) is 0 Å². The number of rotatable bonds is 3. The third-order valence-electron chi connectivity index (χ3n) is 2.52. The lowest BCUT2D eigenvalue weighted by atomic mass is 9.96. The molecule has 1 rings (SSSR count). The Hall–Kier alpha value is -0.900. The number of hydrogen-bond acceptors (Lipinski definition) is 3. The van der Waals surface area contributed by atoms with Crippen LogP contribution >= 0.6 is 0 Å². The summed E-state index contributed by atoms with van der Waals surface area (Å²) in [5.41, 5.74) is 5.83. The molecule has 1 aromatic rings. The Morgan fingerprint density at radius 1 is 1.19 bits per heavy atom. The van der Waals surface area contributed by atoms with Gasteiger partial charge in [0.2, 0.25) is 0 Å². The summed E-state index contributed by atoms with van der Waals surface area (Å²) in [5, 5.41) is 4.45. The van der Waals surface area contributed by atoms with Crippen LogP contribution in [-0.2, 0) is 18.9 Å². The van der Waals surface area contributed by atoms with Gasteiger partial charge in [-0.3, -0.25) is 4.68 Å². The molecule has 0 fully saturated rings. The molecule has 0 saturated carbocycles. The maximum absolute atomic E-state index is 5.97. The highest BCUT2D eigenvalue weighted by Crippen LogP contribution is 2.19. The van der Waals surface area contributed by atoms with Crippen LogP contribution in [0.1, 0.15) is 52.7 Å². The topological polar surface area (TPSA) is 56.7 Å². The van der Waals surface area contributed by atoms with Crippen LogP contribution in [0.5, 0.6) is 0 Å². The van der Waals surface area contributed by atoms with Crippen molar-refractivity contribution in [2.45, 2.75) is 58.4 Å². The van der Waals surface area contributed by atoms with Crippen molar-refractivity contribution >= 4 is 0 Å². The number of nitrogens with zero attached hydrogens (tertiary/aromatic N) is 3. The normalized spacial score (nSPS) is 13.2. The van der Waals surface area contributed by atoms with Crippen LogP contribution in [-0.4, -0.2) is 20.3 Å². The predicted octanol–water partition coefficient (Wildman–Crippen LogP) is 1.78. The first-order chi connectivity index (χ1) is 7.09. The second kappa shape index (κ2) is 4.17. The molecule has 0 saturated heterocycles. The first-order valence-corrected chi connectivity index (χ1v) is 5.79. The molecule has 16 heavy (non-hydrogen) atoms. The van der Waals surface area contributed by atoms with Gasteiger partial charge in [-0.05, 0) is 20.3 Å². The summed E-state index contributed by atoms with van der Waals surface area (Å²) in [5.74, 6) is 1.92. The summed E-state index contributed by atoms with van der Waals surface area (Å²) >= 11 is 0. The van der Waals surface area contributed by atoms with Crippen LogP contribution in [0.25, 0.3) is 0 Å². The maximum atomic E-state index is 5.97. The minimum Gasteiger partial charge on any atom is -0.326 e. The van der Waals surface area contributed by atoms with Crippen LogP contribution in [0.15, 0.2) is 0 Å². The second-order valence-electron chi connectivity index (χ2n) is 6.21. The van der Waals surface area contributed by atoms with Crippen molar-refractivity contribution in [3.63, 3.8) is 0 Å². The summed E-state index contributed by atoms with van der Waals surface area (Å²) in [6.07, 6.45) is 1.80. The lowest BCUT2D eigenvalue weighted by Gasteiger charge is -2.17. The van der Waals surface area contributed by atoms with Gasteiger partial charge in [0.15, 0.2) is 5.82 Å². The first-order valence-electron chi connectivity index (χ1n) is 5.79. The molecule has 0 spiro atoms. The van der Waals surface area contributed by atoms with Crippen LogP contribution in [0.4, 0.5) is 0 Å². The summed E-state index contributed by atoms with van der Waals surface area (Å²) in [6, 6.07) is 0. The van der Waals surface area contributed by atoms with Gasteiger partial charge in [0.1, 0.15) is 5.82 Å². The molecule has 1 heterocycles. The van der Waals surface area contributed by atoms with Crippen molar-refractivity contribution < 1.29 is 0 Å². The highest BCUT2D eigenvalue weighted by atomic mass is 15.3. The zero-order valence-corrected chi connectivity index (χ0v) is 11.3. The van der Waals surface area contributed by atoms with Gasteiger partial charge in [-0.1, -0.05) is 20.8 Å². The van der Waals surface area contributed by atoms with Crippen LogP contribution in [0.2, 0.25) is 0 Å². The molecule has 0 amide bonds. The van der Waals surface area contributed by atoms with Gasteiger partial charge in [-0.2, -0.15) is 5.10 Å². The van der Waals surface area contributed by atoms with Crippen molar-refractivity contribution in [1.29, 1.82) is 0 Å². The molecule has 0 unspecified atom stereocenters. The molecule has 2 N–H and O–H groups in total. The largest absolute Gasteiger partial charge is 0.326 e. The third-order valence-corrected chi connectivity index (χ3v) is 2.52. The number of nitrogens with two attached hydrogens (primary N) is 1. The fourth-order valence-corrected chi connectivity index (χ4v) is 1.39. The summed E-state index contributed by atoms with van der Waals surface area (Å²) in [6.45, 7) is 10.4. The summed E-state index contributed by atoms with van der Waals surface area (Å²) in [7, 11) is 1.95. The highest BCUT2D eigenvalue weighted by Gasteiger charge is 2.21. The monoisotopic (exact) mass is 224 g/mol. The summed E-state index contributed by atoms with van der Waals surface area (Å²) in [4.78, 5) is 4.58. The van der Waals surface area contributed by atoms with Crippen molar-refractivity contribution in [1.82, 2.24) is 14.8 Å². The van der Waals surface area contributed by atoms with Gasteiger partial charge in [0, 0.05) is 24.4 Å². The van der Waals surface area contributed by atoms with E-state index in [-0.39, 0.29) is 11.0 Å². The first kappa shape index (κ1) is 13.2. The van der Waals surface area contributed by atoms with E-state index >= 15 is 0 Å². The standard InChI is InChI=1S/C12H24N4/c1-11(2,3)10-14-9(16(6)15-10)7-8-12(4,5)13/h7-8,13H2,1-6H3. The molecule has 0 atom stereocenters. The van der Waals surface area contributed by atoms with Gasteiger partial charge in [0.05, 0.1) is 0 Å². The zero-order valence-electron chi connectivity index (χ0n) is 11.3. The zero-order chi connectivity index (χ0) is 12.6. The van der Waals surface area contributed by atoms with Crippen LogP contribution < -0.4 is 5.73 Å². The molecule has 0 aliphatic heterocycles. The van der Waals surface area contributed by atoms with Gasteiger partial charge in [-0.15, -0.1) is 0 Å². The molecule has 4 heteroatoms. The minimum atomic E-state index is -0.145. The molecule has 0 aliphatic carbocycles.